The molecule has 4 aromatic carbocycles. The van der Waals surface area contributed by atoms with Crippen molar-refractivity contribution in [1.29, 1.82) is 0 Å². The van der Waals surface area contributed by atoms with Crippen LogP contribution in [-0.4, -0.2) is 0 Å². The Kier molecular flexibility index (Phi) is 5.21. The number of nitrogens with two attached hydrogens (primary N) is 2. The highest BCUT2D eigenvalue weighted by Crippen LogP contribution is 2.36. The van der Waals surface area contributed by atoms with Gasteiger partial charge >= 0.3 is 0 Å². The standard InChI is InChI=1S/C24H20N2O3/c25-17-6-3-8-19(14-17)27-21-10-5-11-22(16-21)29-24-13-2-1-12-23(24)28-20-9-4-7-18(26)15-20/h1-16H,25-26H2. The van der Waals surface area contributed by atoms with Crippen LogP contribution in [0.3, 0.4) is 0 Å². The van der Waals surface area contributed by atoms with Crippen LogP contribution in [0.15, 0.2) is 97.1 Å². The van der Waals surface area contributed by atoms with Crippen molar-refractivity contribution in [2.45, 2.75) is 0 Å². The Morgan fingerprint density at radius 3 is 1.34 bits per heavy atom. The van der Waals surface area contributed by atoms with Crippen molar-refractivity contribution in [2.75, 3.05) is 11.5 Å². The zero-order valence-corrected chi connectivity index (χ0v) is 15.6. The number of rotatable bonds is 6. The fourth-order valence-corrected chi connectivity index (χ4v) is 2.77. The molecule has 0 fully saturated rings. The van der Waals surface area contributed by atoms with Gasteiger partial charge < -0.3 is 25.7 Å². The molecule has 4 rings (SSSR count). The molecule has 5 heteroatoms. The molecule has 0 aromatic heterocycles. The third-order valence-corrected chi connectivity index (χ3v) is 4.06. The number of hydrogen-bond acceptors (Lipinski definition) is 5. The van der Waals surface area contributed by atoms with Gasteiger partial charge in [0.25, 0.3) is 0 Å². The second-order valence-corrected chi connectivity index (χ2v) is 6.37. The highest BCUT2D eigenvalue weighted by Gasteiger charge is 2.08. The van der Waals surface area contributed by atoms with Gasteiger partial charge in [-0.1, -0.05) is 30.3 Å². The van der Waals surface area contributed by atoms with Crippen LogP contribution in [0.2, 0.25) is 0 Å². The summed E-state index contributed by atoms with van der Waals surface area (Å²) in [6, 6.07) is 29.3. The van der Waals surface area contributed by atoms with Crippen LogP contribution in [0.25, 0.3) is 0 Å². The Morgan fingerprint density at radius 2 is 0.828 bits per heavy atom. The summed E-state index contributed by atoms with van der Waals surface area (Å²) in [5, 5.41) is 0. The number of para-hydroxylation sites is 2. The number of hydrogen-bond donors (Lipinski definition) is 2. The van der Waals surface area contributed by atoms with E-state index in [0.717, 1.165) is 0 Å². The maximum atomic E-state index is 6.05. The van der Waals surface area contributed by atoms with E-state index in [1.54, 1.807) is 24.3 Å². The Balaban J connectivity index is 1.54. The van der Waals surface area contributed by atoms with E-state index in [0.29, 0.717) is 45.9 Å². The normalized spacial score (nSPS) is 10.3. The van der Waals surface area contributed by atoms with E-state index in [-0.39, 0.29) is 0 Å². The minimum Gasteiger partial charge on any atom is -0.457 e. The molecule has 144 valence electrons. The fraction of sp³-hybridized carbons (Fsp3) is 0. The molecule has 0 radical (unpaired) electrons. The predicted octanol–water partition coefficient (Wildman–Crippen LogP) is 6.23. The molecule has 0 unspecified atom stereocenters. The summed E-state index contributed by atoms with van der Waals surface area (Å²) >= 11 is 0. The molecule has 0 atom stereocenters. The third-order valence-electron chi connectivity index (χ3n) is 4.06. The monoisotopic (exact) mass is 384 g/mol. The topological polar surface area (TPSA) is 79.7 Å². The zero-order chi connectivity index (χ0) is 20.1. The summed E-state index contributed by atoms with van der Waals surface area (Å²) in [6.45, 7) is 0. The summed E-state index contributed by atoms with van der Waals surface area (Å²) in [4.78, 5) is 0. The second-order valence-electron chi connectivity index (χ2n) is 6.37. The molecule has 0 aliphatic rings. The first-order valence-corrected chi connectivity index (χ1v) is 9.09. The molecule has 0 saturated heterocycles. The van der Waals surface area contributed by atoms with Crippen LogP contribution in [0.4, 0.5) is 11.4 Å². The molecule has 4 aromatic rings. The van der Waals surface area contributed by atoms with Crippen molar-refractivity contribution in [1.82, 2.24) is 0 Å². The van der Waals surface area contributed by atoms with Crippen molar-refractivity contribution >= 4 is 11.4 Å². The largest absolute Gasteiger partial charge is 0.457 e. The van der Waals surface area contributed by atoms with E-state index in [4.69, 9.17) is 25.7 Å². The van der Waals surface area contributed by atoms with E-state index in [1.165, 1.54) is 0 Å². The van der Waals surface area contributed by atoms with Gasteiger partial charge in [0, 0.05) is 29.6 Å². The molecule has 0 amide bonds. The summed E-state index contributed by atoms with van der Waals surface area (Å²) in [7, 11) is 0. The lowest BCUT2D eigenvalue weighted by molar-refractivity contribution is 0.415. The molecule has 0 aliphatic carbocycles. The van der Waals surface area contributed by atoms with Crippen LogP contribution >= 0.6 is 0 Å². The summed E-state index contributed by atoms with van der Waals surface area (Å²) in [5.74, 6) is 3.72. The molecule has 0 spiro atoms. The molecule has 4 N–H and O–H groups in total. The van der Waals surface area contributed by atoms with Gasteiger partial charge in [0.2, 0.25) is 0 Å². The first-order valence-electron chi connectivity index (χ1n) is 9.09. The Morgan fingerprint density at radius 1 is 0.414 bits per heavy atom. The average molecular weight is 384 g/mol. The maximum absolute atomic E-state index is 6.05. The van der Waals surface area contributed by atoms with Crippen molar-refractivity contribution in [3.05, 3.63) is 97.1 Å². The van der Waals surface area contributed by atoms with E-state index < -0.39 is 0 Å². The molecule has 29 heavy (non-hydrogen) atoms. The lowest BCUT2D eigenvalue weighted by atomic mass is 10.3. The van der Waals surface area contributed by atoms with E-state index in [9.17, 15) is 0 Å². The van der Waals surface area contributed by atoms with Crippen molar-refractivity contribution < 1.29 is 14.2 Å². The maximum Gasteiger partial charge on any atom is 0.169 e. The average Bonchev–Trinajstić information content (AvgIpc) is 2.70. The molecular weight excluding hydrogens is 364 g/mol. The highest BCUT2D eigenvalue weighted by atomic mass is 16.5. The molecule has 0 heterocycles. The van der Waals surface area contributed by atoms with Gasteiger partial charge in [0.15, 0.2) is 11.5 Å². The molecule has 0 saturated carbocycles. The van der Waals surface area contributed by atoms with Gasteiger partial charge in [-0.3, -0.25) is 0 Å². The van der Waals surface area contributed by atoms with Crippen LogP contribution in [0.1, 0.15) is 0 Å². The number of anilines is 2. The van der Waals surface area contributed by atoms with Gasteiger partial charge in [-0.25, -0.2) is 0 Å². The number of ether oxygens (including phenoxy) is 3. The van der Waals surface area contributed by atoms with Gasteiger partial charge in [0.1, 0.15) is 23.0 Å². The predicted molar refractivity (Wildman–Crippen MR) is 115 cm³/mol. The van der Waals surface area contributed by atoms with E-state index in [1.807, 2.05) is 72.8 Å². The van der Waals surface area contributed by atoms with E-state index >= 15 is 0 Å². The molecular formula is C24H20N2O3. The van der Waals surface area contributed by atoms with Crippen LogP contribution < -0.4 is 25.7 Å². The Hall–Kier alpha value is -4.12. The third kappa shape index (κ3) is 4.78. The summed E-state index contributed by atoms with van der Waals surface area (Å²) < 4.78 is 17.9. The number of nitrogen functional groups attached to an aromatic ring is 2. The summed E-state index contributed by atoms with van der Waals surface area (Å²) in [5.41, 5.74) is 12.9. The Bertz CT molecular complexity index is 1130. The lowest BCUT2D eigenvalue weighted by Crippen LogP contribution is -1.92. The number of benzene rings is 4. The highest BCUT2D eigenvalue weighted by molar-refractivity contribution is 5.50. The van der Waals surface area contributed by atoms with Gasteiger partial charge in [-0.2, -0.15) is 0 Å². The van der Waals surface area contributed by atoms with E-state index in [2.05, 4.69) is 0 Å². The van der Waals surface area contributed by atoms with Gasteiger partial charge in [0.05, 0.1) is 0 Å². The van der Waals surface area contributed by atoms with Gasteiger partial charge in [-0.05, 0) is 48.5 Å². The van der Waals surface area contributed by atoms with Crippen molar-refractivity contribution in [3.8, 4) is 34.5 Å². The minimum atomic E-state index is 0.580. The minimum absolute atomic E-state index is 0.580. The second kappa shape index (κ2) is 8.27. The van der Waals surface area contributed by atoms with Crippen LogP contribution in [0.5, 0.6) is 34.5 Å². The lowest BCUT2D eigenvalue weighted by Gasteiger charge is -2.13. The van der Waals surface area contributed by atoms with Crippen molar-refractivity contribution in [2.24, 2.45) is 0 Å². The zero-order valence-electron chi connectivity index (χ0n) is 15.6. The first kappa shape index (κ1) is 18.3. The van der Waals surface area contributed by atoms with Crippen LogP contribution in [-0.2, 0) is 0 Å². The smallest absolute Gasteiger partial charge is 0.169 e. The summed E-state index contributed by atoms with van der Waals surface area (Å²) in [6.07, 6.45) is 0. The molecule has 0 bridgehead atoms. The SMILES string of the molecule is Nc1cccc(Oc2cccc(Oc3ccccc3Oc3cccc(N)c3)c2)c1. The van der Waals surface area contributed by atoms with Gasteiger partial charge in [-0.15, -0.1) is 0 Å². The van der Waals surface area contributed by atoms with Crippen LogP contribution in [0, 0.1) is 0 Å². The fourth-order valence-electron chi connectivity index (χ4n) is 2.77. The Labute approximate surface area is 169 Å². The van der Waals surface area contributed by atoms with Crippen molar-refractivity contribution in [3.63, 3.8) is 0 Å². The molecule has 5 nitrogen and oxygen atoms in total. The quantitative estimate of drug-likeness (QED) is 0.385. The molecule has 0 aliphatic heterocycles. The first-order chi connectivity index (χ1) is 14.2.